The molecule has 0 bridgehead atoms. The molecule has 0 saturated carbocycles. The molecule has 1 fully saturated rings. The molecule has 0 spiro atoms. The van der Waals surface area contributed by atoms with Crippen LogP contribution >= 0.6 is 0 Å². The fraction of sp³-hybridized carbons (Fsp3) is 0.419. The predicted molar refractivity (Wildman–Crippen MR) is 147 cm³/mol. The molecule has 9 heteroatoms. The molecule has 9 nitrogen and oxygen atoms in total. The number of amides is 2. The maximum atomic E-state index is 13.4. The minimum atomic E-state index is -0.544. The van der Waals surface area contributed by atoms with E-state index in [1.165, 1.54) is 4.90 Å². The molecule has 1 saturated heterocycles. The van der Waals surface area contributed by atoms with Crippen molar-refractivity contribution >= 4 is 23.8 Å². The monoisotopic (exact) mass is 548 g/mol. The molecule has 2 aliphatic rings. The summed E-state index contributed by atoms with van der Waals surface area (Å²) in [6.45, 7) is 6.33. The molecule has 1 unspecified atom stereocenters. The van der Waals surface area contributed by atoms with Gasteiger partial charge in [0.1, 0.15) is 18.0 Å². The number of ether oxygens (including phenoxy) is 3. The molecule has 2 aliphatic heterocycles. The Morgan fingerprint density at radius 1 is 0.900 bits per heavy atom. The quantitative estimate of drug-likeness (QED) is 0.427. The largest absolute Gasteiger partial charge is 0.466 e. The molecule has 212 valence electrons. The lowest BCUT2D eigenvalue weighted by atomic mass is 9.83. The summed E-state index contributed by atoms with van der Waals surface area (Å²) < 4.78 is 16.5. The summed E-state index contributed by atoms with van der Waals surface area (Å²) in [4.78, 5) is 54.9. The van der Waals surface area contributed by atoms with Gasteiger partial charge in [0.2, 0.25) is 11.8 Å². The minimum Gasteiger partial charge on any atom is -0.466 e. The average molecular weight is 549 g/mol. The van der Waals surface area contributed by atoms with E-state index in [4.69, 9.17) is 14.2 Å². The van der Waals surface area contributed by atoms with Gasteiger partial charge in [0.15, 0.2) is 0 Å². The Labute approximate surface area is 234 Å². The number of rotatable bonds is 9. The van der Waals surface area contributed by atoms with E-state index in [0.29, 0.717) is 55.3 Å². The summed E-state index contributed by atoms with van der Waals surface area (Å²) in [6.07, 6.45) is 1.05. The Bertz CT molecular complexity index is 1270. The number of hydrogen-bond donors (Lipinski definition) is 0. The molecule has 2 aromatic carbocycles. The summed E-state index contributed by atoms with van der Waals surface area (Å²) >= 11 is 0. The van der Waals surface area contributed by atoms with E-state index in [-0.39, 0.29) is 43.3 Å². The number of hydrogen-bond acceptors (Lipinski definition) is 7. The predicted octanol–water partition coefficient (Wildman–Crippen LogP) is 4.43. The molecule has 0 aromatic heterocycles. The van der Waals surface area contributed by atoms with Crippen LogP contribution < -0.4 is 4.74 Å². The topological polar surface area (TPSA) is 102 Å². The summed E-state index contributed by atoms with van der Waals surface area (Å²) in [5.74, 6) is -0.733. The van der Waals surface area contributed by atoms with Gasteiger partial charge in [-0.05, 0) is 63.4 Å². The van der Waals surface area contributed by atoms with Gasteiger partial charge in [0.05, 0.1) is 24.7 Å². The van der Waals surface area contributed by atoms with Crippen LogP contribution in [0.3, 0.4) is 0 Å². The standard InChI is InChI=1S/C31H36N2O7/c1-4-38-30(36)22-14-16-32(17-15-22)28(35)20-33-21(3)29(31(37)39-5-2)26(19-27(33)34)23-10-9-13-25(18-23)40-24-11-7-6-8-12-24/h6-13,18,22,26H,4-5,14-17,19-20H2,1-3H3. The van der Waals surface area contributed by atoms with E-state index >= 15 is 0 Å². The average Bonchev–Trinajstić information content (AvgIpc) is 2.96. The van der Waals surface area contributed by atoms with Gasteiger partial charge >= 0.3 is 11.9 Å². The lowest BCUT2D eigenvalue weighted by Gasteiger charge is -2.36. The first-order valence-electron chi connectivity index (χ1n) is 13.8. The zero-order valence-corrected chi connectivity index (χ0v) is 23.3. The maximum Gasteiger partial charge on any atom is 0.336 e. The molecule has 40 heavy (non-hydrogen) atoms. The lowest BCUT2D eigenvalue weighted by Crippen LogP contribution is -2.48. The second-order valence-corrected chi connectivity index (χ2v) is 9.85. The summed E-state index contributed by atoms with van der Waals surface area (Å²) in [5, 5.41) is 0. The Hall–Kier alpha value is -4.14. The van der Waals surface area contributed by atoms with E-state index < -0.39 is 11.9 Å². The maximum absolute atomic E-state index is 13.4. The van der Waals surface area contributed by atoms with Gasteiger partial charge in [-0.1, -0.05) is 30.3 Å². The Balaban J connectivity index is 1.54. The SMILES string of the molecule is CCOC(=O)C1=C(C)N(CC(=O)N2CCC(C(=O)OCC)CC2)C(=O)CC1c1cccc(Oc2ccccc2)c1. The third-order valence-electron chi connectivity index (χ3n) is 7.32. The lowest BCUT2D eigenvalue weighted by molar-refractivity contribution is -0.151. The van der Waals surface area contributed by atoms with Gasteiger partial charge in [0, 0.05) is 31.1 Å². The molecule has 2 heterocycles. The fourth-order valence-electron chi connectivity index (χ4n) is 5.24. The Morgan fingerprint density at radius 2 is 1.57 bits per heavy atom. The number of esters is 2. The fourth-order valence-corrected chi connectivity index (χ4v) is 5.24. The van der Waals surface area contributed by atoms with Crippen molar-refractivity contribution in [3.05, 3.63) is 71.4 Å². The van der Waals surface area contributed by atoms with Crippen LogP contribution in [-0.4, -0.2) is 66.4 Å². The molecule has 0 radical (unpaired) electrons. The van der Waals surface area contributed by atoms with E-state index in [0.717, 1.165) is 5.56 Å². The van der Waals surface area contributed by atoms with E-state index in [1.807, 2.05) is 54.6 Å². The zero-order valence-electron chi connectivity index (χ0n) is 23.3. The molecule has 0 N–H and O–H groups in total. The number of likely N-dealkylation sites (tertiary alicyclic amines) is 1. The van der Waals surface area contributed by atoms with Gasteiger partial charge in [-0.2, -0.15) is 0 Å². The van der Waals surface area contributed by atoms with Crippen molar-refractivity contribution in [3.8, 4) is 11.5 Å². The van der Waals surface area contributed by atoms with Crippen molar-refractivity contribution in [2.45, 2.75) is 46.0 Å². The summed E-state index contributed by atoms with van der Waals surface area (Å²) in [5.41, 5.74) is 1.51. The number of allylic oxidation sites excluding steroid dienone is 1. The zero-order chi connectivity index (χ0) is 28.6. The highest BCUT2D eigenvalue weighted by atomic mass is 16.5. The third-order valence-corrected chi connectivity index (χ3v) is 7.32. The second-order valence-electron chi connectivity index (χ2n) is 9.85. The van der Waals surface area contributed by atoms with Crippen LogP contribution in [0.5, 0.6) is 11.5 Å². The van der Waals surface area contributed by atoms with E-state index in [9.17, 15) is 19.2 Å². The minimum absolute atomic E-state index is 0.0124. The van der Waals surface area contributed by atoms with Crippen molar-refractivity contribution in [2.24, 2.45) is 5.92 Å². The molecular formula is C31H36N2O7. The van der Waals surface area contributed by atoms with Gasteiger partial charge < -0.3 is 24.0 Å². The Kier molecular flexibility index (Phi) is 9.58. The number of piperidine rings is 1. The van der Waals surface area contributed by atoms with Gasteiger partial charge in [-0.3, -0.25) is 14.4 Å². The van der Waals surface area contributed by atoms with Gasteiger partial charge in [-0.15, -0.1) is 0 Å². The molecule has 4 rings (SSSR count). The number of carbonyl (C=O) groups excluding carboxylic acids is 4. The molecule has 1 atom stereocenters. The van der Waals surface area contributed by atoms with Crippen LogP contribution in [0.2, 0.25) is 0 Å². The number of nitrogens with zero attached hydrogens (tertiary/aromatic N) is 2. The highest BCUT2D eigenvalue weighted by molar-refractivity contribution is 5.97. The van der Waals surface area contributed by atoms with Crippen LogP contribution in [0, 0.1) is 5.92 Å². The van der Waals surface area contributed by atoms with Crippen molar-refractivity contribution in [1.29, 1.82) is 0 Å². The number of benzene rings is 2. The normalized spacial score (nSPS) is 18.0. The number of para-hydroxylation sites is 1. The van der Waals surface area contributed by atoms with Crippen LogP contribution in [-0.2, 0) is 28.7 Å². The van der Waals surface area contributed by atoms with Crippen LogP contribution in [0.1, 0.15) is 51.5 Å². The number of carbonyl (C=O) groups is 4. The third kappa shape index (κ3) is 6.70. The molecule has 2 aromatic rings. The highest BCUT2D eigenvalue weighted by Crippen LogP contribution is 2.38. The summed E-state index contributed by atoms with van der Waals surface area (Å²) in [7, 11) is 0. The first-order chi connectivity index (χ1) is 19.3. The van der Waals surface area contributed by atoms with Crippen LogP contribution in [0.15, 0.2) is 65.9 Å². The van der Waals surface area contributed by atoms with Gasteiger partial charge in [-0.25, -0.2) is 4.79 Å². The molecule has 2 amide bonds. The van der Waals surface area contributed by atoms with Crippen molar-refractivity contribution in [2.75, 3.05) is 32.8 Å². The molecule has 0 aliphatic carbocycles. The van der Waals surface area contributed by atoms with Crippen molar-refractivity contribution in [3.63, 3.8) is 0 Å². The van der Waals surface area contributed by atoms with E-state index in [1.54, 1.807) is 25.7 Å². The highest BCUT2D eigenvalue weighted by Gasteiger charge is 2.38. The van der Waals surface area contributed by atoms with Crippen LogP contribution in [0.4, 0.5) is 0 Å². The second kappa shape index (κ2) is 13.3. The van der Waals surface area contributed by atoms with Gasteiger partial charge in [0.25, 0.3) is 0 Å². The molecular weight excluding hydrogens is 512 g/mol. The smallest absolute Gasteiger partial charge is 0.336 e. The van der Waals surface area contributed by atoms with Crippen LogP contribution in [0.25, 0.3) is 0 Å². The van der Waals surface area contributed by atoms with E-state index in [2.05, 4.69) is 0 Å². The van der Waals surface area contributed by atoms with Crippen molar-refractivity contribution in [1.82, 2.24) is 9.80 Å². The Morgan fingerprint density at radius 3 is 2.25 bits per heavy atom. The first-order valence-corrected chi connectivity index (χ1v) is 13.8. The summed E-state index contributed by atoms with van der Waals surface area (Å²) in [6, 6.07) is 16.7. The first kappa shape index (κ1) is 28.9. The van der Waals surface area contributed by atoms with Crippen molar-refractivity contribution < 1.29 is 33.4 Å².